The molecule has 1 aliphatic carbocycles. The fourth-order valence-electron chi connectivity index (χ4n) is 2.90. The van der Waals surface area contributed by atoms with Gasteiger partial charge in [0.2, 0.25) is 5.91 Å². The molecule has 3 unspecified atom stereocenters. The number of nitrogens with zero attached hydrogens (tertiary/aromatic N) is 2. The highest BCUT2D eigenvalue weighted by molar-refractivity contribution is 5.83. The molecule has 2 rings (SSSR count). The third kappa shape index (κ3) is 4.28. The molecule has 1 heterocycles. The number of terminal acetylenes is 1. The lowest BCUT2D eigenvalue weighted by Gasteiger charge is -2.21. The van der Waals surface area contributed by atoms with Crippen LogP contribution in [0.2, 0.25) is 0 Å². The van der Waals surface area contributed by atoms with Gasteiger partial charge in [0, 0.05) is 25.7 Å². The van der Waals surface area contributed by atoms with Crippen molar-refractivity contribution in [3.63, 3.8) is 0 Å². The molecule has 0 saturated heterocycles. The molecule has 3 N–H and O–H groups in total. The molecule has 7 heteroatoms. The topological polar surface area (TPSA) is 111 Å². The number of aliphatic hydroxyl groups is 1. The van der Waals surface area contributed by atoms with E-state index in [1.54, 1.807) is 0 Å². The van der Waals surface area contributed by atoms with E-state index < -0.39 is 23.8 Å². The van der Waals surface area contributed by atoms with E-state index in [1.165, 1.54) is 0 Å². The number of carboxylic acid groups (broad SMARTS) is 1. The standard InChI is InChI=1S/C15H21N3O4/c1-2-3-7-15(17-18-15)8-6-12(20)16-13(14(21)22)10-4-5-11(19)9-10/h1,10-11,13,19H,3-9H2,(H,16,20)(H,21,22). The molecule has 0 bridgehead atoms. The van der Waals surface area contributed by atoms with Crippen molar-refractivity contribution in [3.8, 4) is 12.3 Å². The minimum absolute atomic E-state index is 0.163. The van der Waals surface area contributed by atoms with Crippen molar-refractivity contribution in [1.82, 2.24) is 5.32 Å². The Morgan fingerprint density at radius 1 is 1.36 bits per heavy atom. The Labute approximate surface area is 129 Å². The molecule has 0 aromatic heterocycles. The Balaban J connectivity index is 1.79. The lowest BCUT2D eigenvalue weighted by atomic mass is 9.97. The van der Waals surface area contributed by atoms with E-state index in [9.17, 15) is 19.8 Å². The van der Waals surface area contributed by atoms with Gasteiger partial charge in [0.25, 0.3) is 0 Å². The summed E-state index contributed by atoms with van der Waals surface area (Å²) in [6.45, 7) is 0. The normalized spacial score (nSPS) is 26.2. The van der Waals surface area contributed by atoms with Crippen LogP contribution in [-0.2, 0) is 9.59 Å². The summed E-state index contributed by atoms with van der Waals surface area (Å²) in [5.74, 6) is 0.910. The van der Waals surface area contributed by atoms with Gasteiger partial charge < -0.3 is 15.5 Å². The first-order chi connectivity index (χ1) is 10.5. The second kappa shape index (κ2) is 6.88. The van der Waals surface area contributed by atoms with E-state index >= 15 is 0 Å². The van der Waals surface area contributed by atoms with Crippen LogP contribution in [0.1, 0.15) is 44.9 Å². The average Bonchev–Trinajstić information content (AvgIpc) is 3.13. The van der Waals surface area contributed by atoms with Crippen molar-refractivity contribution >= 4 is 11.9 Å². The molecule has 0 aromatic carbocycles. The summed E-state index contributed by atoms with van der Waals surface area (Å²) in [7, 11) is 0. The van der Waals surface area contributed by atoms with Crippen LogP contribution in [0.3, 0.4) is 0 Å². The lowest BCUT2D eigenvalue weighted by molar-refractivity contribution is -0.143. The fraction of sp³-hybridized carbons (Fsp3) is 0.733. The van der Waals surface area contributed by atoms with Crippen LogP contribution in [0.15, 0.2) is 10.2 Å². The minimum Gasteiger partial charge on any atom is -0.480 e. The van der Waals surface area contributed by atoms with Crippen LogP contribution in [0.4, 0.5) is 0 Å². The zero-order valence-electron chi connectivity index (χ0n) is 12.4. The largest absolute Gasteiger partial charge is 0.480 e. The average molecular weight is 307 g/mol. The maximum atomic E-state index is 12.0. The summed E-state index contributed by atoms with van der Waals surface area (Å²) in [4.78, 5) is 23.3. The number of carbonyl (C=O) groups excluding carboxylic acids is 1. The zero-order chi connectivity index (χ0) is 16.2. The molecule has 3 atom stereocenters. The van der Waals surface area contributed by atoms with Crippen LogP contribution < -0.4 is 5.32 Å². The summed E-state index contributed by atoms with van der Waals surface area (Å²) in [6, 6.07) is -0.945. The van der Waals surface area contributed by atoms with Crippen molar-refractivity contribution in [3.05, 3.63) is 0 Å². The fourth-order valence-corrected chi connectivity index (χ4v) is 2.90. The van der Waals surface area contributed by atoms with Crippen molar-refractivity contribution in [2.45, 2.75) is 62.8 Å². The Kier molecular flexibility index (Phi) is 5.14. The third-order valence-electron chi connectivity index (χ3n) is 4.30. The van der Waals surface area contributed by atoms with Gasteiger partial charge in [0.15, 0.2) is 5.66 Å². The van der Waals surface area contributed by atoms with Crippen LogP contribution in [0, 0.1) is 18.3 Å². The monoisotopic (exact) mass is 307 g/mol. The molecule has 1 amide bonds. The summed E-state index contributed by atoms with van der Waals surface area (Å²) < 4.78 is 0. The summed E-state index contributed by atoms with van der Waals surface area (Å²) in [6.07, 6.45) is 8.10. The van der Waals surface area contributed by atoms with Crippen LogP contribution in [0.25, 0.3) is 0 Å². The Bertz CT molecular complexity index is 505. The van der Waals surface area contributed by atoms with Gasteiger partial charge in [-0.05, 0) is 25.2 Å². The maximum Gasteiger partial charge on any atom is 0.326 e. The molecule has 0 radical (unpaired) electrons. The number of carboxylic acids is 1. The van der Waals surface area contributed by atoms with Gasteiger partial charge in [-0.1, -0.05) is 0 Å². The van der Waals surface area contributed by atoms with E-state index in [1.807, 2.05) is 0 Å². The zero-order valence-corrected chi connectivity index (χ0v) is 12.4. The lowest BCUT2D eigenvalue weighted by Crippen LogP contribution is -2.45. The Morgan fingerprint density at radius 2 is 2.09 bits per heavy atom. The highest BCUT2D eigenvalue weighted by Crippen LogP contribution is 2.37. The number of hydrogen-bond donors (Lipinski definition) is 3. The van der Waals surface area contributed by atoms with E-state index in [4.69, 9.17) is 6.42 Å². The highest BCUT2D eigenvalue weighted by atomic mass is 16.4. The van der Waals surface area contributed by atoms with Crippen molar-refractivity contribution in [2.75, 3.05) is 0 Å². The Hall–Kier alpha value is -1.94. The molecule has 0 aromatic rings. The number of aliphatic hydroxyl groups excluding tert-OH is 1. The highest BCUT2D eigenvalue weighted by Gasteiger charge is 2.40. The Morgan fingerprint density at radius 3 is 2.59 bits per heavy atom. The second-order valence-electron chi connectivity index (χ2n) is 6.00. The molecule has 7 nitrogen and oxygen atoms in total. The van der Waals surface area contributed by atoms with Crippen molar-refractivity contribution in [1.29, 1.82) is 0 Å². The number of nitrogens with one attached hydrogen (secondary N) is 1. The van der Waals surface area contributed by atoms with Gasteiger partial charge in [0.05, 0.1) is 6.10 Å². The number of aliphatic carboxylic acids is 1. The predicted molar refractivity (Wildman–Crippen MR) is 77.8 cm³/mol. The first-order valence-electron chi connectivity index (χ1n) is 7.53. The number of carbonyl (C=O) groups is 2. The maximum absolute atomic E-state index is 12.0. The third-order valence-corrected chi connectivity index (χ3v) is 4.30. The van der Waals surface area contributed by atoms with Crippen LogP contribution in [0.5, 0.6) is 0 Å². The molecular weight excluding hydrogens is 286 g/mol. The molecule has 2 aliphatic rings. The summed E-state index contributed by atoms with van der Waals surface area (Å²) >= 11 is 0. The van der Waals surface area contributed by atoms with E-state index in [2.05, 4.69) is 21.5 Å². The van der Waals surface area contributed by atoms with Gasteiger partial charge >= 0.3 is 5.97 Å². The second-order valence-corrected chi connectivity index (χ2v) is 6.00. The number of hydrogen-bond acceptors (Lipinski definition) is 5. The van der Waals surface area contributed by atoms with E-state index in [0.29, 0.717) is 38.5 Å². The van der Waals surface area contributed by atoms with Crippen molar-refractivity contribution < 1.29 is 19.8 Å². The smallest absolute Gasteiger partial charge is 0.326 e. The number of amides is 1. The van der Waals surface area contributed by atoms with Gasteiger partial charge in [-0.3, -0.25) is 4.79 Å². The van der Waals surface area contributed by atoms with Crippen LogP contribution >= 0.6 is 0 Å². The van der Waals surface area contributed by atoms with E-state index in [-0.39, 0.29) is 18.2 Å². The summed E-state index contributed by atoms with van der Waals surface area (Å²) in [5.41, 5.74) is -0.536. The van der Waals surface area contributed by atoms with Crippen molar-refractivity contribution in [2.24, 2.45) is 16.1 Å². The molecule has 1 aliphatic heterocycles. The van der Waals surface area contributed by atoms with E-state index in [0.717, 1.165) is 0 Å². The minimum atomic E-state index is -1.06. The quantitative estimate of drug-likeness (QED) is 0.582. The predicted octanol–water partition coefficient (Wildman–Crippen LogP) is 1.07. The van der Waals surface area contributed by atoms with Crippen LogP contribution in [-0.4, -0.2) is 39.9 Å². The molecule has 1 saturated carbocycles. The number of rotatable bonds is 8. The first-order valence-corrected chi connectivity index (χ1v) is 7.53. The molecule has 120 valence electrons. The molecular formula is C15H21N3O4. The van der Waals surface area contributed by atoms with Gasteiger partial charge in [-0.15, -0.1) is 12.3 Å². The summed E-state index contributed by atoms with van der Waals surface area (Å²) in [5, 5.41) is 29.2. The van der Waals surface area contributed by atoms with Gasteiger partial charge in [0.1, 0.15) is 6.04 Å². The SMILES string of the molecule is C#CCCC1(CCC(=O)NC(C(=O)O)C2CCC(O)C2)N=N1. The molecule has 22 heavy (non-hydrogen) atoms. The van der Waals surface area contributed by atoms with Gasteiger partial charge in [-0.2, -0.15) is 10.2 Å². The first kappa shape index (κ1) is 16.4. The molecule has 1 fully saturated rings. The van der Waals surface area contributed by atoms with Gasteiger partial charge in [-0.25, -0.2) is 4.79 Å². The molecule has 0 spiro atoms.